The summed E-state index contributed by atoms with van der Waals surface area (Å²) in [6, 6.07) is 10.1. The Morgan fingerprint density at radius 1 is 1.16 bits per heavy atom. The van der Waals surface area contributed by atoms with Crippen LogP contribution in [0.4, 0.5) is 4.39 Å². The summed E-state index contributed by atoms with van der Waals surface area (Å²) in [6.07, 6.45) is -0.187. The first kappa shape index (κ1) is 14.0. The molecule has 0 aliphatic rings. The van der Waals surface area contributed by atoms with Gasteiger partial charge in [0.2, 0.25) is 0 Å². The highest BCUT2D eigenvalue weighted by Gasteiger charge is 2.11. The summed E-state index contributed by atoms with van der Waals surface area (Å²) in [5.74, 6) is -0.255. The normalized spacial score (nSPS) is 12.5. The van der Waals surface area contributed by atoms with E-state index in [1.54, 1.807) is 12.1 Å². The molecule has 0 saturated carbocycles. The SMILES string of the molecule is Cc1cc(Cl)cc(C(O)Cc2ccc(F)cc2C)c1. The molecule has 1 N–H and O–H groups in total. The van der Waals surface area contributed by atoms with Crippen LogP contribution in [0.25, 0.3) is 0 Å². The zero-order chi connectivity index (χ0) is 14.0. The third kappa shape index (κ3) is 3.55. The maximum atomic E-state index is 13.0. The maximum Gasteiger partial charge on any atom is 0.123 e. The van der Waals surface area contributed by atoms with Gasteiger partial charge in [-0.3, -0.25) is 0 Å². The van der Waals surface area contributed by atoms with Gasteiger partial charge in [0.25, 0.3) is 0 Å². The molecule has 0 saturated heterocycles. The molecule has 0 spiro atoms. The van der Waals surface area contributed by atoms with Crippen LogP contribution in [0.2, 0.25) is 5.02 Å². The minimum absolute atomic E-state index is 0.255. The van der Waals surface area contributed by atoms with Crippen LogP contribution in [-0.4, -0.2) is 5.11 Å². The average molecular weight is 279 g/mol. The monoisotopic (exact) mass is 278 g/mol. The molecule has 1 nitrogen and oxygen atoms in total. The Bertz CT molecular complexity index is 575. The number of aryl methyl sites for hydroxylation is 2. The highest BCUT2D eigenvalue weighted by atomic mass is 35.5. The van der Waals surface area contributed by atoms with Crippen LogP contribution < -0.4 is 0 Å². The van der Waals surface area contributed by atoms with Gasteiger partial charge in [-0.2, -0.15) is 0 Å². The standard InChI is InChI=1S/C16H16ClFO/c1-10-5-13(8-14(17)6-10)16(19)9-12-3-4-15(18)7-11(12)2/h3-8,16,19H,9H2,1-2H3. The lowest BCUT2D eigenvalue weighted by atomic mass is 9.97. The van der Waals surface area contributed by atoms with E-state index in [0.29, 0.717) is 11.4 Å². The smallest absolute Gasteiger partial charge is 0.123 e. The van der Waals surface area contributed by atoms with E-state index in [0.717, 1.165) is 22.3 Å². The van der Waals surface area contributed by atoms with E-state index < -0.39 is 6.10 Å². The topological polar surface area (TPSA) is 20.2 Å². The molecule has 0 heterocycles. The van der Waals surface area contributed by atoms with Crippen molar-refractivity contribution in [2.75, 3.05) is 0 Å². The summed E-state index contributed by atoms with van der Waals surface area (Å²) in [7, 11) is 0. The molecule has 0 radical (unpaired) electrons. The molecule has 0 aliphatic carbocycles. The zero-order valence-electron chi connectivity index (χ0n) is 11.0. The molecule has 100 valence electrons. The fraction of sp³-hybridized carbons (Fsp3) is 0.250. The van der Waals surface area contributed by atoms with Crippen LogP contribution in [-0.2, 0) is 6.42 Å². The summed E-state index contributed by atoms with van der Waals surface area (Å²) in [5.41, 5.74) is 3.58. The minimum atomic E-state index is -0.637. The highest BCUT2D eigenvalue weighted by Crippen LogP contribution is 2.24. The van der Waals surface area contributed by atoms with Gasteiger partial charge >= 0.3 is 0 Å². The first-order valence-corrected chi connectivity index (χ1v) is 6.53. The Labute approximate surface area is 117 Å². The minimum Gasteiger partial charge on any atom is -0.388 e. The van der Waals surface area contributed by atoms with Gasteiger partial charge in [0.15, 0.2) is 0 Å². The van der Waals surface area contributed by atoms with E-state index in [9.17, 15) is 9.50 Å². The number of benzene rings is 2. The predicted molar refractivity (Wildman–Crippen MR) is 76.0 cm³/mol. The van der Waals surface area contributed by atoms with Crippen LogP contribution in [0.15, 0.2) is 36.4 Å². The molecular weight excluding hydrogens is 263 g/mol. The second kappa shape index (κ2) is 5.72. The van der Waals surface area contributed by atoms with Crippen molar-refractivity contribution in [2.45, 2.75) is 26.4 Å². The molecule has 19 heavy (non-hydrogen) atoms. The van der Waals surface area contributed by atoms with E-state index in [4.69, 9.17) is 11.6 Å². The molecule has 0 bridgehead atoms. The quantitative estimate of drug-likeness (QED) is 0.884. The molecule has 1 unspecified atom stereocenters. The molecule has 0 aliphatic heterocycles. The van der Waals surface area contributed by atoms with E-state index in [-0.39, 0.29) is 5.82 Å². The van der Waals surface area contributed by atoms with Crippen molar-refractivity contribution >= 4 is 11.6 Å². The summed E-state index contributed by atoms with van der Waals surface area (Å²) >= 11 is 5.99. The van der Waals surface area contributed by atoms with Crippen LogP contribution in [0.5, 0.6) is 0 Å². The van der Waals surface area contributed by atoms with Gasteiger partial charge in [-0.25, -0.2) is 4.39 Å². The fourth-order valence-corrected chi connectivity index (χ4v) is 2.47. The van der Waals surface area contributed by atoms with Crippen molar-refractivity contribution in [3.8, 4) is 0 Å². The van der Waals surface area contributed by atoms with Crippen molar-refractivity contribution in [3.05, 3.63) is 69.5 Å². The van der Waals surface area contributed by atoms with Gasteiger partial charge in [0, 0.05) is 11.4 Å². The van der Waals surface area contributed by atoms with Gasteiger partial charge in [0.1, 0.15) is 5.82 Å². The summed E-state index contributed by atoms with van der Waals surface area (Å²) in [6.45, 7) is 3.78. The Morgan fingerprint density at radius 2 is 1.89 bits per heavy atom. The third-order valence-electron chi connectivity index (χ3n) is 3.17. The van der Waals surface area contributed by atoms with Gasteiger partial charge in [0.05, 0.1) is 6.10 Å². The number of aliphatic hydroxyl groups excluding tert-OH is 1. The van der Waals surface area contributed by atoms with Crippen molar-refractivity contribution in [2.24, 2.45) is 0 Å². The number of rotatable bonds is 3. The molecule has 0 fully saturated rings. The zero-order valence-corrected chi connectivity index (χ0v) is 11.7. The second-order valence-electron chi connectivity index (χ2n) is 4.85. The fourth-order valence-electron chi connectivity index (χ4n) is 2.17. The van der Waals surface area contributed by atoms with Gasteiger partial charge in [-0.05, 0) is 60.4 Å². The average Bonchev–Trinajstić information content (AvgIpc) is 2.31. The van der Waals surface area contributed by atoms with Gasteiger partial charge in [-0.15, -0.1) is 0 Å². The molecular formula is C16H16ClFO. The molecule has 2 aromatic carbocycles. The molecule has 2 rings (SSSR count). The molecule has 0 amide bonds. The first-order valence-electron chi connectivity index (χ1n) is 6.16. The second-order valence-corrected chi connectivity index (χ2v) is 5.29. The summed E-state index contributed by atoms with van der Waals surface area (Å²) in [4.78, 5) is 0. The molecule has 2 aromatic rings. The van der Waals surface area contributed by atoms with Crippen LogP contribution in [0.3, 0.4) is 0 Å². The van der Waals surface area contributed by atoms with Crippen molar-refractivity contribution in [1.82, 2.24) is 0 Å². The third-order valence-corrected chi connectivity index (χ3v) is 3.39. The summed E-state index contributed by atoms with van der Waals surface area (Å²) in [5, 5.41) is 10.9. The van der Waals surface area contributed by atoms with Gasteiger partial charge in [-0.1, -0.05) is 23.7 Å². The lowest BCUT2D eigenvalue weighted by Gasteiger charge is -2.14. The number of hydrogen-bond donors (Lipinski definition) is 1. The lowest BCUT2D eigenvalue weighted by Crippen LogP contribution is -2.04. The van der Waals surface area contributed by atoms with E-state index >= 15 is 0 Å². The number of halogens is 2. The van der Waals surface area contributed by atoms with Crippen molar-refractivity contribution in [3.63, 3.8) is 0 Å². The molecule has 1 atom stereocenters. The van der Waals surface area contributed by atoms with E-state index in [1.807, 2.05) is 26.0 Å². The lowest BCUT2D eigenvalue weighted by molar-refractivity contribution is 0.178. The largest absolute Gasteiger partial charge is 0.388 e. The van der Waals surface area contributed by atoms with Crippen LogP contribution in [0, 0.1) is 19.7 Å². The molecule has 3 heteroatoms. The van der Waals surface area contributed by atoms with Crippen LogP contribution in [0.1, 0.15) is 28.4 Å². The Hall–Kier alpha value is -1.38. The van der Waals surface area contributed by atoms with E-state index in [1.165, 1.54) is 12.1 Å². The highest BCUT2D eigenvalue weighted by molar-refractivity contribution is 6.30. The maximum absolute atomic E-state index is 13.0. The Morgan fingerprint density at radius 3 is 2.53 bits per heavy atom. The predicted octanol–water partition coefficient (Wildman–Crippen LogP) is 4.37. The van der Waals surface area contributed by atoms with Gasteiger partial charge < -0.3 is 5.11 Å². The summed E-state index contributed by atoms with van der Waals surface area (Å²) < 4.78 is 13.0. The van der Waals surface area contributed by atoms with Crippen molar-refractivity contribution in [1.29, 1.82) is 0 Å². The van der Waals surface area contributed by atoms with Crippen molar-refractivity contribution < 1.29 is 9.50 Å². The first-order chi connectivity index (χ1) is 8.95. The van der Waals surface area contributed by atoms with Crippen LogP contribution >= 0.6 is 11.6 Å². The Balaban J connectivity index is 2.22. The number of hydrogen-bond acceptors (Lipinski definition) is 1. The van der Waals surface area contributed by atoms with E-state index in [2.05, 4.69) is 0 Å². The Kier molecular flexibility index (Phi) is 4.23. The molecule has 0 aromatic heterocycles. The number of aliphatic hydroxyl groups is 1.